The van der Waals surface area contributed by atoms with E-state index in [1.165, 1.54) is 12.1 Å². The fraction of sp³-hybridized carbons (Fsp3) is 0.0870. The molecule has 6 heteroatoms. The van der Waals surface area contributed by atoms with E-state index < -0.39 is 5.41 Å². The van der Waals surface area contributed by atoms with Crippen molar-refractivity contribution in [2.24, 2.45) is 0 Å². The quantitative estimate of drug-likeness (QED) is 0.179. The van der Waals surface area contributed by atoms with Crippen LogP contribution in [0.2, 0.25) is 0 Å². The topological polar surface area (TPSA) is 6.48 Å². The minimum atomic E-state index is -0.485. The van der Waals surface area contributed by atoms with Crippen molar-refractivity contribution in [3.8, 4) is 22.3 Å². The zero-order chi connectivity index (χ0) is 35.6. The Labute approximate surface area is 311 Å². The predicted octanol–water partition coefficient (Wildman–Crippen LogP) is 14.5. The Morgan fingerprint density at radius 2 is 0.750 bits per heavy atom. The molecule has 7 aromatic rings. The number of hydrogen-bond acceptors (Lipinski definition) is 4. The number of fused-ring (bicyclic) bond motifs is 4. The Kier molecular flexibility index (Phi) is 7.98. The van der Waals surface area contributed by atoms with Gasteiger partial charge in [-0.15, -0.1) is 0 Å². The molecular weight excluding hydrogens is 683 g/mol. The van der Waals surface area contributed by atoms with E-state index in [1.54, 1.807) is 47.8 Å². The molecule has 0 amide bonds. The lowest BCUT2D eigenvalue weighted by atomic mass is 9.75. The molecule has 0 fully saturated rings. The molecule has 0 N–H and O–H groups in total. The first kappa shape index (κ1) is 32.6. The molecule has 0 unspecified atom stereocenters. The summed E-state index contributed by atoms with van der Waals surface area (Å²) in [5, 5.41) is 0. The summed E-state index contributed by atoms with van der Waals surface area (Å²) in [5.41, 5.74) is 9.84. The molecule has 0 saturated heterocycles. The van der Waals surface area contributed by atoms with E-state index in [1.807, 2.05) is 12.1 Å². The highest BCUT2D eigenvalue weighted by molar-refractivity contribution is 8.00. The largest absolute Gasteiger partial charge is 0.308 e. The Bertz CT molecular complexity index is 2270. The van der Waals surface area contributed by atoms with Gasteiger partial charge < -0.3 is 9.80 Å². The minimum absolute atomic E-state index is 0.314. The predicted molar refractivity (Wildman–Crippen MR) is 214 cm³/mol. The van der Waals surface area contributed by atoms with Crippen LogP contribution in [0.25, 0.3) is 22.3 Å². The number of halogens is 2. The summed E-state index contributed by atoms with van der Waals surface area (Å²) in [7, 11) is 0. The average molecular weight is 717 g/mol. The highest BCUT2D eigenvalue weighted by Crippen LogP contribution is 2.60. The molecule has 2 nitrogen and oxygen atoms in total. The standard InChI is InChI=1S/C46H34F2N2S2/c1-46(2,3)45-43(29-14-12-16-31(47)26-29)37(49-33-18-4-8-22-39(33)51-40-23-9-5-19-34(40)49)28-38(44(45)30-15-13-17-32(48)27-30)50-35-20-6-10-24-41(35)52-42-25-11-7-21-36(42)50/h4-28H,1-3H3. The van der Waals surface area contributed by atoms with Crippen molar-refractivity contribution in [3.05, 3.63) is 169 Å². The monoisotopic (exact) mass is 716 g/mol. The van der Waals surface area contributed by atoms with E-state index in [0.717, 1.165) is 81.5 Å². The molecule has 2 aliphatic heterocycles. The van der Waals surface area contributed by atoms with Gasteiger partial charge in [0.1, 0.15) is 11.6 Å². The summed E-state index contributed by atoms with van der Waals surface area (Å²) < 4.78 is 30.9. The Balaban J connectivity index is 1.50. The van der Waals surface area contributed by atoms with Crippen LogP contribution in [0.15, 0.2) is 171 Å². The Morgan fingerprint density at radius 1 is 0.404 bits per heavy atom. The van der Waals surface area contributed by atoms with Crippen molar-refractivity contribution in [2.45, 2.75) is 45.8 Å². The highest BCUT2D eigenvalue weighted by atomic mass is 32.2. The third-order valence-corrected chi connectivity index (χ3v) is 11.9. The normalized spacial score (nSPS) is 13.2. The van der Waals surface area contributed by atoms with E-state index >= 15 is 8.78 Å². The van der Waals surface area contributed by atoms with Crippen molar-refractivity contribution in [1.29, 1.82) is 0 Å². The Hall–Kier alpha value is -5.30. The molecule has 52 heavy (non-hydrogen) atoms. The summed E-state index contributed by atoms with van der Waals surface area (Å²) in [6.07, 6.45) is 0. The molecule has 0 aromatic heterocycles. The van der Waals surface area contributed by atoms with Gasteiger partial charge in [0, 0.05) is 30.7 Å². The summed E-state index contributed by atoms with van der Waals surface area (Å²) in [6, 6.07) is 49.9. The van der Waals surface area contributed by atoms with E-state index in [4.69, 9.17) is 0 Å². The molecule has 2 aliphatic rings. The van der Waals surface area contributed by atoms with Crippen LogP contribution in [0.5, 0.6) is 0 Å². The van der Waals surface area contributed by atoms with Crippen LogP contribution < -0.4 is 9.80 Å². The second-order valence-electron chi connectivity index (χ2n) is 14.1. The summed E-state index contributed by atoms with van der Waals surface area (Å²) in [4.78, 5) is 9.20. The van der Waals surface area contributed by atoms with Crippen LogP contribution in [0.4, 0.5) is 42.9 Å². The fourth-order valence-corrected chi connectivity index (χ4v) is 9.67. The number of nitrogens with zero attached hydrogens (tertiary/aromatic N) is 2. The van der Waals surface area contributed by atoms with E-state index in [-0.39, 0.29) is 11.6 Å². The number of benzene rings is 7. The molecule has 254 valence electrons. The molecule has 0 spiro atoms. The first-order chi connectivity index (χ1) is 25.3. The fourth-order valence-electron chi connectivity index (χ4n) is 7.56. The smallest absolute Gasteiger partial charge is 0.123 e. The third kappa shape index (κ3) is 5.49. The summed E-state index contributed by atoms with van der Waals surface area (Å²) in [5.74, 6) is -0.629. The van der Waals surface area contributed by atoms with Gasteiger partial charge in [-0.05, 0) is 101 Å². The molecule has 0 saturated carbocycles. The maximum absolute atomic E-state index is 15.4. The van der Waals surface area contributed by atoms with E-state index in [0.29, 0.717) is 0 Å². The lowest BCUT2D eigenvalue weighted by Gasteiger charge is -2.40. The van der Waals surface area contributed by atoms with Crippen LogP contribution in [0.1, 0.15) is 26.3 Å². The van der Waals surface area contributed by atoms with E-state index in [9.17, 15) is 0 Å². The second kappa shape index (κ2) is 12.7. The van der Waals surface area contributed by atoms with Crippen LogP contribution in [-0.2, 0) is 5.41 Å². The molecule has 9 rings (SSSR count). The molecular formula is C46H34F2N2S2. The average Bonchev–Trinajstić information content (AvgIpc) is 3.15. The molecule has 0 bridgehead atoms. The maximum atomic E-state index is 15.4. The molecule has 0 atom stereocenters. The van der Waals surface area contributed by atoms with Gasteiger partial charge in [-0.25, -0.2) is 8.78 Å². The highest BCUT2D eigenvalue weighted by Gasteiger charge is 2.36. The maximum Gasteiger partial charge on any atom is 0.123 e. The molecule has 7 aromatic carbocycles. The number of rotatable bonds is 4. The number of anilines is 6. The second-order valence-corrected chi connectivity index (χ2v) is 16.2. The van der Waals surface area contributed by atoms with Gasteiger partial charge in [0.15, 0.2) is 0 Å². The van der Waals surface area contributed by atoms with Gasteiger partial charge in [-0.1, -0.05) is 117 Å². The van der Waals surface area contributed by atoms with Gasteiger partial charge in [-0.3, -0.25) is 0 Å². The molecule has 0 aliphatic carbocycles. The van der Waals surface area contributed by atoms with Crippen molar-refractivity contribution in [3.63, 3.8) is 0 Å². The number of para-hydroxylation sites is 4. The van der Waals surface area contributed by atoms with Gasteiger partial charge in [0.05, 0.1) is 34.1 Å². The van der Waals surface area contributed by atoms with Gasteiger partial charge in [0.2, 0.25) is 0 Å². The lowest BCUT2D eigenvalue weighted by Crippen LogP contribution is -2.23. The first-order valence-corrected chi connectivity index (χ1v) is 18.9. The zero-order valence-electron chi connectivity index (χ0n) is 28.9. The van der Waals surface area contributed by atoms with Crippen molar-refractivity contribution >= 4 is 57.6 Å². The summed E-state index contributed by atoms with van der Waals surface area (Å²) in [6.45, 7) is 6.59. The van der Waals surface area contributed by atoms with E-state index in [2.05, 4.69) is 134 Å². The number of hydrogen-bond donors (Lipinski definition) is 0. The van der Waals surface area contributed by atoms with Gasteiger partial charge in [-0.2, -0.15) is 0 Å². The van der Waals surface area contributed by atoms with Crippen molar-refractivity contribution in [1.82, 2.24) is 0 Å². The third-order valence-electron chi connectivity index (χ3n) is 9.61. The first-order valence-electron chi connectivity index (χ1n) is 17.3. The lowest BCUT2D eigenvalue weighted by molar-refractivity contribution is 0.593. The van der Waals surface area contributed by atoms with Gasteiger partial charge in [0.25, 0.3) is 0 Å². The van der Waals surface area contributed by atoms with Crippen LogP contribution in [0.3, 0.4) is 0 Å². The molecule has 0 radical (unpaired) electrons. The Morgan fingerprint density at radius 3 is 1.08 bits per heavy atom. The van der Waals surface area contributed by atoms with Crippen LogP contribution in [0, 0.1) is 11.6 Å². The molecule has 2 heterocycles. The summed E-state index contributed by atoms with van der Waals surface area (Å²) >= 11 is 3.51. The van der Waals surface area contributed by atoms with Crippen molar-refractivity contribution in [2.75, 3.05) is 9.80 Å². The van der Waals surface area contributed by atoms with Crippen LogP contribution >= 0.6 is 23.5 Å². The minimum Gasteiger partial charge on any atom is -0.308 e. The van der Waals surface area contributed by atoms with Crippen molar-refractivity contribution < 1.29 is 8.78 Å². The zero-order valence-corrected chi connectivity index (χ0v) is 30.5. The SMILES string of the molecule is CC(C)(C)c1c(-c2cccc(F)c2)c(N2c3ccccc3Sc3ccccc32)cc(N2c3ccccc3Sc3ccccc32)c1-c1cccc(F)c1. The van der Waals surface area contributed by atoms with Gasteiger partial charge >= 0.3 is 0 Å². The van der Waals surface area contributed by atoms with Crippen LogP contribution in [-0.4, -0.2) is 0 Å².